The second-order valence-electron chi connectivity index (χ2n) is 6.19. The van der Waals surface area contributed by atoms with Gasteiger partial charge in [-0.05, 0) is 30.2 Å². The Morgan fingerprint density at radius 1 is 1.12 bits per heavy atom. The van der Waals surface area contributed by atoms with Crippen molar-refractivity contribution in [3.63, 3.8) is 0 Å². The summed E-state index contributed by atoms with van der Waals surface area (Å²) in [6.07, 6.45) is 7.59. The highest BCUT2D eigenvalue weighted by molar-refractivity contribution is 5.85. The van der Waals surface area contributed by atoms with Crippen LogP contribution in [0.5, 0.6) is 0 Å². The average molecular weight is 332 g/mol. The molecule has 0 fully saturated rings. The summed E-state index contributed by atoms with van der Waals surface area (Å²) < 4.78 is 1.94. The smallest absolute Gasteiger partial charge is 0.152 e. The molecule has 25 heavy (non-hydrogen) atoms. The first-order valence-electron chi connectivity index (χ1n) is 8.57. The first-order chi connectivity index (χ1) is 12.3. The van der Waals surface area contributed by atoms with E-state index in [1.807, 2.05) is 29.2 Å². The topological polar surface area (TPSA) is 52.3 Å². The third kappa shape index (κ3) is 3.45. The minimum absolute atomic E-state index is 0.0874. The molecule has 0 spiro atoms. The van der Waals surface area contributed by atoms with E-state index in [0.29, 0.717) is 0 Å². The molecule has 0 unspecified atom stereocenters. The number of nitrogens with zero attached hydrogens (tertiary/aromatic N) is 4. The molecular formula is C20H20N4O. The maximum Gasteiger partial charge on any atom is 0.152 e. The summed E-state index contributed by atoms with van der Waals surface area (Å²) in [5.41, 5.74) is 5.42. The van der Waals surface area contributed by atoms with Crippen molar-refractivity contribution >= 4 is 5.71 Å². The highest BCUT2D eigenvalue weighted by atomic mass is 16.6. The summed E-state index contributed by atoms with van der Waals surface area (Å²) >= 11 is 0. The fourth-order valence-electron chi connectivity index (χ4n) is 3.01. The number of aromatic nitrogens is 3. The molecule has 126 valence electrons. The molecule has 5 heteroatoms. The quantitative estimate of drug-likeness (QED) is 0.705. The normalized spacial score (nSPS) is 16.5. The molecule has 3 aromatic rings. The third-order valence-corrected chi connectivity index (χ3v) is 4.39. The second-order valence-corrected chi connectivity index (χ2v) is 6.19. The van der Waals surface area contributed by atoms with Gasteiger partial charge in [0.05, 0.1) is 18.0 Å². The van der Waals surface area contributed by atoms with Crippen LogP contribution in [0.1, 0.15) is 19.8 Å². The Morgan fingerprint density at radius 3 is 2.80 bits per heavy atom. The van der Waals surface area contributed by atoms with E-state index in [1.165, 1.54) is 0 Å². The Bertz CT molecular complexity index is 885. The molecule has 0 aliphatic carbocycles. The highest BCUT2D eigenvalue weighted by Crippen LogP contribution is 2.25. The van der Waals surface area contributed by atoms with E-state index >= 15 is 0 Å². The monoisotopic (exact) mass is 332 g/mol. The van der Waals surface area contributed by atoms with Crippen molar-refractivity contribution in [2.75, 3.05) is 0 Å². The molecule has 1 aromatic carbocycles. The highest BCUT2D eigenvalue weighted by Gasteiger charge is 2.20. The molecule has 0 bridgehead atoms. The summed E-state index contributed by atoms with van der Waals surface area (Å²) in [5.74, 6) is 0. The van der Waals surface area contributed by atoms with Crippen LogP contribution in [0.2, 0.25) is 0 Å². The average Bonchev–Trinajstić information content (AvgIpc) is 3.32. The number of benzene rings is 1. The molecule has 0 saturated carbocycles. The zero-order valence-electron chi connectivity index (χ0n) is 14.2. The van der Waals surface area contributed by atoms with Crippen LogP contribution < -0.4 is 0 Å². The molecule has 3 heterocycles. The largest absolute Gasteiger partial charge is 0.390 e. The number of oxime groups is 1. The van der Waals surface area contributed by atoms with E-state index in [-0.39, 0.29) is 6.10 Å². The van der Waals surface area contributed by atoms with Gasteiger partial charge in [0.2, 0.25) is 0 Å². The van der Waals surface area contributed by atoms with Gasteiger partial charge in [-0.1, -0.05) is 36.3 Å². The lowest BCUT2D eigenvalue weighted by atomic mass is 10.0. The zero-order valence-corrected chi connectivity index (χ0v) is 14.2. The van der Waals surface area contributed by atoms with E-state index in [0.717, 1.165) is 47.5 Å². The van der Waals surface area contributed by atoms with Crippen LogP contribution in [-0.4, -0.2) is 26.6 Å². The molecule has 1 aliphatic rings. The molecule has 5 nitrogen and oxygen atoms in total. The molecule has 0 N–H and O–H groups in total. The maximum atomic E-state index is 5.47. The minimum atomic E-state index is 0.0874. The lowest BCUT2D eigenvalue weighted by molar-refractivity contribution is 0.0698. The number of hydrogen-bond acceptors (Lipinski definition) is 4. The van der Waals surface area contributed by atoms with E-state index in [9.17, 15) is 0 Å². The van der Waals surface area contributed by atoms with Gasteiger partial charge in [0.15, 0.2) is 6.10 Å². The Labute approximate surface area is 147 Å². The third-order valence-electron chi connectivity index (χ3n) is 4.39. The lowest BCUT2D eigenvalue weighted by Gasteiger charge is -2.08. The first-order valence-corrected chi connectivity index (χ1v) is 8.57. The predicted molar refractivity (Wildman–Crippen MR) is 98.1 cm³/mol. The van der Waals surface area contributed by atoms with Crippen molar-refractivity contribution in [3.8, 4) is 22.4 Å². The standard InChI is InChI=1S/C20H20N4O/c1-2-18-12-19(25-23-18)14-24-10-8-20(22-24)16-6-3-5-15(11-16)17-7-4-9-21-13-17/h3-11,13,19H,2,12,14H2,1H3/t19-/m1/s1. The van der Waals surface area contributed by atoms with Crippen molar-refractivity contribution in [1.82, 2.24) is 14.8 Å². The minimum Gasteiger partial charge on any atom is -0.390 e. The summed E-state index contributed by atoms with van der Waals surface area (Å²) in [4.78, 5) is 9.67. The fraction of sp³-hybridized carbons (Fsp3) is 0.250. The van der Waals surface area contributed by atoms with Crippen molar-refractivity contribution in [1.29, 1.82) is 0 Å². The van der Waals surface area contributed by atoms with Crippen LogP contribution in [0.4, 0.5) is 0 Å². The van der Waals surface area contributed by atoms with Crippen molar-refractivity contribution in [2.45, 2.75) is 32.4 Å². The predicted octanol–water partition coefficient (Wildman–Crippen LogP) is 4.17. The van der Waals surface area contributed by atoms with Gasteiger partial charge in [-0.25, -0.2) is 0 Å². The maximum absolute atomic E-state index is 5.47. The van der Waals surface area contributed by atoms with E-state index < -0.39 is 0 Å². The summed E-state index contributed by atoms with van der Waals surface area (Å²) in [6.45, 7) is 2.82. The summed E-state index contributed by atoms with van der Waals surface area (Å²) in [7, 11) is 0. The molecule has 4 rings (SSSR count). The van der Waals surface area contributed by atoms with Crippen molar-refractivity contribution in [3.05, 3.63) is 61.1 Å². The Morgan fingerprint density at radius 2 is 2.00 bits per heavy atom. The van der Waals surface area contributed by atoms with Crippen LogP contribution >= 0.6 is 0 Å². The van der Waals surface area contributed by atoms with Gasteiger partial charge in [0.25, 0.3) is 0 Å². The van der Waals surface area contributed by atoms with Crippen molar-refractivity contribution < 1.29 is 4.84 Å². The Kier molecular flexibility index (Phi) is 4.29. The van der Waals surface area contributed by atoms with Gasteiger partial charge in [-0.2, -0.15) is 5.10 Å². The first kappa shape index (κ1) is 15.6. The Balaban J connectivity index is 1.51. The molecule has 2 aromatic heterocycles. The van der Waals surface area contributed by atoms with E-state index in [4.69, 9.17) is 9.94 Å². The molecule has 1 atom stereocenters. The van der Waals surface area contributed by atoms with E-state index in [1.54, 1.807) is 6.20 Å². The molecular weight excluding hydrogens is 312 g/mol. The zero-order chi connectivity index (χ0) is 17.1. The second kappa shape index (κ2) is 6.89. The SMILES string of the molecule is CCC1=NO[C@@H](Cn2ccc(-c3cccc(-c4cccnc4)c3)n2)C1. The van der Waals surface area contributed by atoms with Crippen molar-refractivity contribution in [2.24, 2.45) is 5.16 Å². The fourth-order valence-corrected chi connectivity index (χ4v) is 3.01. The molecule has 0 amide bonds. The van der Waals surface area contributed by atoms with Gasteiger partial charge >= 0.3 is 0 Å². The number of rotatable bonds is 5. The molecule has 1 aliphatic heterocycles. The van der Waals surface area contributed by atoms with Crippen LogP contribution in [-0.2, 0) is 11.4 Å². The van der Waals surface area contributed by atoms with Crippen LogP contribution in [0, 0.1) is 0 Å². The van der Waals surface area contributed by atoms with Gasteiger partial charge in [-0.15, -0.1) is 0 Å². The van der Waals surface area contributed by atoms with E-state index in [2.05, 4.69) is 47.4 Å². The molecule has 0 radical (unpaired) electrons. The number of hydrogen-bond donors (Lipinski definition) is 0. The van der Waals surface area contributed by atoms with Gasteiger partial charge in [-0.3, -0.25) is 9.67 Å². The van der Waals surface area contributed by atoms with Gasteiger partial charge in [0, 0.05) is 36.1 Å². The van der Waals surface area contributed by atoms with Crippen LogP contribution in [0.3, 0.4) is 0 Å². The van der Waals surface area contributed by atoms with Gasteiger partial charge < -0.3 is 4.84 Å². The van der Waals surface area contributed by atoms with Gasteiger partial charge in [0.1, 0.15) is 0 Å². The van der Waals surface area contributed by atoms with Crippen LogP contribution in [0.25, 0.3) is 22.4 Å². The number of pyridine rings is 1. The molecule has 0 saturated heterocycles. The lowest BCUT2D eigenvalue weighted by Crippen LogP contribution is -2.16. The summed E-state index contributed by atoms with van der Waals surface area (Å²) in [6, 6.07) is 14.4. The Hall–Kier alpha value is -2.95. The summed E-state index contributed by atoms with van der Waals surface area (Å²) in [5, 5.41) is 8.81. The van der Waals surface area contributed by atoms with Crippen LogP contribution in [0.15, 0.2) is 66.2 Å².